The van der Waals surface area contributed by atoms with Crippen LogP contribution in [-0.2, 0) is 4.74 Å². The molecule has 2 rings (SSSR count). The molecule has 0 bridgehead atoms. The van der Waals surface area contributed by atoms with Crippen LogP contribution in [0.15, 0.2) is 18.2 Å². The monoisotopic (exact) mass is 252 g/mol. The fourth-order valence-corrected chi connectivity index (χ4v) is 2.68. The summed E-state index contributed by atoms with van der Waals surface area (Å²) in [5.74, 6) is 0.317. The fourth-order valence-electron chi connectivity index (χ4n) is 2.68. The molecule has 2 atom stereocenters. The normalized spacial score (nSPS) is 21.3. The number of rotatable bonds is 4. The molecular formula is C14H21FN2O. The summed E-state index contributed by atoms with van der Waals surface area (Å²) in [6, 6.07) is 4.89. The predicted octanol–water partition coefficient (Wildman–Crippen LogP) is 2.32. The first-order valence-corrected chi connectivity index (χ1v) is 6.41. The predicted molar refractivity (Wildman–Crippen MR) is 71.2 cm³/mol. The summed E-state index contributed by atoms with van der Waals surface area (Å²) < 4.78 is 19.1. The molecule has 100 valence electrons. The van der Waals surface area contributed by atoms with Gasteiger partial charge in [0.25, 0.3) is 0 Å². The standard InChI is InChI=1S/C14H21FN2O/c1-10(16)14-12(15)4-3-5-13(14)17-7-6-11(8-17)9-18-2/h3-5,10-11H,6-9,16H2,1-2H3/t10-,11?/m0/s1. The van der Waals surface area contributed by atoms with Crippen molar-refractivity contribution in [3.63, 3.8) is 0 Å². The van der Waals surface area contributed by atoms with E-state index in [1.165, 1.54) is 6.07 Å². The number of anilines is 1. The average molecular weight is 252 g/mol. The Labute approximate surface area is 108 Å². The second kappa shape index (κ2) is 5.67. The van der Waals surface area contributed by atoms with E-state index in [1.807, 2.05) is 13.0 Å². The van der Waals surface area contributed by atoms with E-state index in [2.05, 4.69) is 4.90 Å². The third kappa shape index (κ3) is 2.65. The molecule has 1 aromatic carbocycles. The molecule has 2 N–H and O–H groups in total. The van der Waals surface area contributed by atoms with E-state index in [1.54, 1.807) is 13.2 Å². The highest BCUT2D eigenvalue weighted by Crippen LogP contribution is 2.31. The number of nitrogens with two attached hydrogens (primary N) is 1. The second-order valence-corrected chi connectivity index (χ2v) is 5.02. The lowest BCUT2D eigenvalue weighted by atomic mass is 10.1. The summed E-state index contributed by atoms with van der Waals surface area (Å²) in [7, 11) is 1.72. The molecule has 1 saturated heterocycles. The molecular weight excluding hydrogens is 231 g/mol. The molecule has 1 aromatic rings. The van der Waals surface area contributed by atoms with Gasteiger partial charge >= 0.3 is 0 Å². The molecule has 3 nitrogen and oxygen atoms in total. The van der Waals surface area contributed by atoms with Crippen LogP contribution in [0.2, 0.25) is 0 Å². The van der Waals surface area contributed by atoms with Gasteiger partial charge in [0.1, 0.15) is 5.82 Å². The maximum absolute atomic E-state index is 13.9. The van der Waals surface area contributed by atoms with Gasteiger partial charge in [0, 0.05) is 43.4 Å². The van der Waals surface area contributed by atoms with Crippen molar-refractivity contribution in [1.29, 1.82) is 0 Å². The number of nitrogens with zero attached hydrogens (tertiary/aromatic N) is 1. The van der Waals surface area contributed by atoms with E-state index in [9.17, 15) is 4.39 Å². The maximum Gasteiger partial charge on any atom is 0.130 e. The minimum atomic E-state index is -0.289. The molecule has 1 fully saturated rings. The lowest BCUT2D eigenvalue weighted by molar-refractivity contribution is 0.161. The van der Waals surface area contributed by atoms with Crippen molar-refractivity contribution in [3.8, 4) is 0 Å². The minimum absolute atomic E-state index is 0.210. The van der Waals surface area contributed by atoms with E-state index in [4.69, 9.17) is 10.5 Å². The molecule has 0 aromatic heterocycles. The van der Waals surface area contributed by atoms with Crippen LogP contribution in [0.5, 0.6) is 0 Å². The Balaban J connectivity index is 2.21. The first-order chi connectivity index (χ1) is 8.63. The molecule has 1 heterocycles. The smallest absolute Gasteiger partial charge is 0.130 e. The van der Waals surface area contributed by atoms with Crippen LogP contribution in [0.4, 0.5) is 10.1 Å². The topological polar surface area (TPSA) is 38.5 Å². The molecule has 1 aliphatic rings. The number of benzene rings is 1. The van der Waals surface area contributed by atoms with Crippen LogP contribution in [0.25, 0.3) is 0 Å². The van der Waals surface area contributed by atoms with Crippen LogP contribution in [-0.4, -0.2) is 26.8 Å². The van der Waals surface area contributed by atoms with E-state index in [0.717, 1.165) is 31.8 Å². The van der Waals surface area contributed by atoms with E-state index >= 15 is 0 Å². The van der Waals surface area contributed by atoms with Gasteiger partial charge in [-0.05, 0) is 25.5 Å². The summed E-state index contributed by atoms with van der Waals surface area (Å²) >= 11 is 0. The van der Waals surface area contributed by atoms with Gasteiger partial charge < -0.3 is 15.4 Å². The Morgan fingerprint density at radius 2 is 2.33 bits per heavy atom. The minimum Gasteiger partial charge on any atom is -0.384 e. The van der Waals surface area contributed by atoms with Crippen molar-refractivity contribution >= 4 is 5.69 Å². The molecule has 18 heavy (non-hydrogen) atoms. The van der Waals surface area contributed by atoms with Gasteiger partial charge in [-0.25, -0.2) is 4.39 Å². The Bertz CT molecular complexity index is 409. The molecule has 4 heteroatoms. The van der Waals surface area contributed by atoms with Crippen molar-refractivity contribution in [2.24, 2.45) is 11.7 Å². The fraction of sp³-hybridized carbons (Fsp3) is 0.571. The lowest BCUT2D eigenvalue weighted by Crippen LogP contribution is -2.24. The second-order valence-electron chi connectivity index (χ2n) is 5.02. The molecule has 1 aliphatic heterocycles. The Morgan fingerprint density at radius 3 is 3.00 bits per heavy atom. The molecule has 0 saturated carbocycles. The maximum atomic E-state index is 13.9. The first-order valence-electron chi connectivity index (χ1n) is 6.41. The quantitative estimate of drug-likeness (QED) is 0.893. The molecule has 1 unspecified atom stereocenters. The molecule has 0 radical (unpaired) electrons. The van der Waals surface area contributed by atoms with Crippen molar-refractivity contribution in [1.82, 2.24) is 0 Å². The van der Waals surface area contributed by atoms with Crippen LogP contribution in [0.3, 0.4) is 0 Å². The van der Waals surface area contributed by atoms with Gasteiger partial charge in [-0.2, -0.15) is 0 Å². The number of methoxy groups -OCH3 is 1. The van der Waals surface area contributed by atoms with E-state index in [0.29, 0.717) is 11.5 Å². The zero-order valence-corrected chi connectivity index (χ0v) is 11.0. The number of halogens is 1. The summed E-state index contributed by atoms with van der Waals surface area (Å²) in [4.78, 5) is 2.21. The molecule has 0 amide bonds. The summed E-state index contributed by atoms with van der Waals surface area (Å²) in [5, 5.41) is 0. The van der Waals surface area contributed by atoms with Crippen LogP contribution < -0.4 is 10.6 Å². The Kier molecular flexibility index (Phi) is 4.19. The first kappa shape index (κ1) is 13.3. The zero-order chi connectivity index (χ0) is 13.1. The van der Waals surface area contributed by atoms with E-state index in [-0.39, 0.29) is 11.9 Å². The van der Waals surface area contributed by atoms with Crippen LogP contribution in [0, 0.1) is 11.7 Å². The highest BCUT2D eigenvalue weighted by atomic mass is 19.1. The van der Waals surface area contributed by atoms with Crippen LogP contribution in [0.1, 0.15) is 24.9 Å². The number of hydrogen-bond acceptors (Lipinski definition) is 3. The summed E-state index contributed by atoms with van der Waals surface area (Å²) in [6.07, 6.45) is 1.09. The highest BCUT2D eigenvalue weighted by molar-refractivity contribution is 5.56. The highest BCUT2D eigenvalue weighted by Gasteiger charge is 2.25. The molecule has 0 spiro atoms. The number of ether oxygens (including phenoxy) is 1. The van der Waals surface area contributed by atoms with Crippen LogP contribution >= 0.6 is 0 Å². The lowest BCUT2D eigenvalue weighted by Gasteiger charge is -2.24. The average Bonchev–Trinajstić information content (AvgIpc) is 2.77. The van der Waals surface area contributed by atoms with Gasteiger partial charge in [0.15, 0.2) is 0 Å². The zero-order valence-electron chi connectivity index (χ0n) is 11.0. The Morgan fingerprint density at radius 1 is 1.56 bits per heavy atom. The number of hydrogen-bond donors (Lipinski definition) is 1. The van der Waals surface area contributed by atoms with Crippen molar-refractivity contribution in [2.75, 3.05) is 31.7 Å². The largest absolute Gasteiger partial charge is 0.384 e. The van der Waals surface area contributed by atoms with Crippen molar-refractivity contribution in [3.05, 3.63) is 29.6 Å². The van der Waals surface area contributed by atoms with Crippen molar-refractivity contribution in [2.45, 2.75) is 19.4 Å². The van der Waals surface area contributed by atoms with Crippen molar-refractivity contribution < 1.29 is 9.13 Å². The van der Waals surface area contributed by atoms with Gasteiger partial charge in [-0.1, -0.05) is 6.07 Å². The van der Waals surface area contributed by atoms with Gasteiger partial charge in [-0.15, -0.1) is 0 Å². The van der Waals surface area contributed by atoms with Gasteiger partial charge in [0.05, 0.1) is 6.61 Å². The van der Waals surface area contributed by atoms with Gasteiger partial charge in [0.2, 0.25) is 0 Å². The van der Waals surface area contributed by atoms with Gasteiger partial charge in [-0.3, -0.25) is 0 Å². The van der Waals surface area contributed by atoms with E-state index < -0.39 is 0 Å². The third-order valence-corrected chi connectivity index (χ3v) is 3.51. The summed E-state index contributed by atoms with van der Waals surface area (Å²) in [5.41, 5.74) is 7.44. The SMILES string of the molecule is COCC1CCN(c2cccc(F)c2[C@H](C)N)C1. The summed E-state index contributed by atoms with van der Waals surface area (Å²) in [6.45, 7) is 4.44. The Hall–Kier alpha value is -1.13. The molecule has 0 aliphatic carbocycles. The third-order valence-electron chi connectivity index (χ3n) is 3.51.